The van der Waals surface area contributed by atoms with Gasteiger partial charge in [0.25, 0.3) is 0 Å². The first-order chi connectivity index (χ1) is 21.1. The number of amides is 3. The van der Waals surface area contributed by atoms with E-state index in [4.69, 9.17) is 19.9 Å². The predicted octanol–water partition coefficient (Wildman–Crippen LogP) is 2.65. The number of fused-ring (bicyclic) bond motifs is 1. The van der Waals surface area contributed by atoms with E-state index >= 15 is 0 Å². The lowest BCUT2D eigenvalue weighted by atomic mass is 9.86. The molecule has 11 heteroatoms. The molecule has 0 aromatic heterocycles. The second-order valence-corrected chi connectivity index (χ2v) is 15.4. The molecular formula is C34H61N5O6. The number of likely N-dealkylation sites (tertiary alicyclic amines) is 1. The number of likely N-dealkylation sites (N-methyl/N-ethyl adjacent to an activating group) is 1. The van der Waals surface area contributed by atoms with Crippen molar-refractivity contribution >= 4 is 17.7 Å². The van der Waals surface area contributed by atoms with E-state index < -0.39 is 17.7 Å². The number of methoxy groups -OCH3 is 2. The summed E-state index contributed by atoms with van der Waals surface area (Å²) >= 11 is 0. The average molecular weight is 636 g/mol. The van der Waals surface area contributed by atoms with E-state index in [1.807, 2.05) is 18.7 Å². The van der Waals surface area contributed by atoms with Gasteiger partial charge in [0.15, 0.2) is 0 Å². The molecule has 0 radical (unpaired) electrons. The number of carbonyl (C=O) groups is 3. The fourth-order valence-electron chi connectivity index (χ4n) is 7.93. The highest BCUT2D eigenvalue weighted by Crippen LogP contribution is 2.61. The Balaban J connectivity index is 1.47. The number of hydrogen-bond acceptors (Lipinski definition) is 8. The number of nitrogens with zero attached hydrogens (tertiary/aromatic N) is 2. The number of rotatable bonds is 17. The Hall–Kier alpha value is -1.79. The van der Waals surface area contributed by atoms with Crippen molar-refractivity contribution in [2.75, 3.05) is 34.4 Å². The quantitative estimate of drug-likeness (QED) is 0.208. The fraction of sp³-hybridized carbons (Fsp3) is 0.912. The monoisotopic (exact) mass is 635 g/mol. The first-order valence-corrected chi connectivity index (χ1v) is 17.2. The summed E-state index contributed by atoms with van der Waals surface area (Å²) in [5.41, 5.74) is 4.78. The molecular weight excluding hydrogens is 574 g/mol. The third-order valence-corrected chi connectivity index (χ3v) is 11.5. The van der Waals surface area contributed by atoms with Crippen LogP contribution in [0.15, 0.2) is 0 Å². The molecule has 4 aliphatic rings. The van der Waals surface area contributed by atoms with Gasteiger partial charge in [-0.05, 0) is 63.7 Å². The van der Waals surface area contributed by atoms with Crippen LogP contribution in [-0.4, -0.2) is 109 Å². The van der Waals surface area contributed by atoms with E-state index in [2.05, 4.69) is 31.4 Å². The summed E-state index contributed by atoms with van der Waals surface area (Å²) in [7, 11) is 5.10. The summed E-state index contributed by atoms with van der Waals surface area (Å²) in [5, 5.41) is 6.74. The molecule has 2 heterocycles. The summed E-state index contributed by atoms with van der Waals surface area (Å²) in [4.78, 5) is 44.5. The van der Waals surface area contributed by atoms with Crippen molar-refractivity contribution in [3.8, 4) is 0 Å². The fourth-order valence-corrected chi connectivity index (χ4v) is 7.93. The molecule has 2 aliphatic heterocycles. The topological polar surface area (TPSA) is 139 Å². The molecule has 3 amide bonds. The van der Waals surface area contributed by atoms with E-state index in [-0.39, 0.29) is 71.3 Å². The minimum Gasteiger partial charge on any atom is -0.379 e. The Morgan fingerprint density at radius 3 is 2.24 bits per heavy atom. The molecule has 45 heavy (non-hydrogen) atoms. The van der Waals surface area contributed by atoms with Crippen molar-refractivity contribution in [1.29, 1.82) is 0 Å². The minimum absolute atomic E-state index is 0.00455. The Bertz CT molecular complexity index is 1070. The Kier molecular flexibility index (Phi) is 11.0. The van der Waals surface area contributed by atoms with Crippen LogP contribution in [0.3, 0.4) is 0 Å². The summed E-state index contributed by atoms with van der Waals surface area (Å²) in [5.74, 6) is 0.140. The SMILES string of the molecule is CCC(C)C(C(CC(=O)N1CCCC1C(OC)C(C)C1(NC23CCC2C3)CO1)OC)N(C)C(=O)C(NC(=O)C(C)(C)N)C(C)C. The largest absolute Gasteiger partial charge is 0.379 e. The van der Waals surface area contributed by atoms with Crippen molar-refractivity contribution < 1.29 is 28.6 Å². The lowest BCUT2D eigenvalue weighted by Gasteiger charge is -2.41. The number of nitrogens with two attached hydrogens (primary N) is 1. The zero-order valence-corrected chi connectivity index (χ0v) is 29.5. The van der Waals surface area contributed by atoms with Crippen molar-refractivity contribution in [3.63, 3.8) is 0 Å². The molecule has 2 saturated carbocycles. The van der Waals surface area contributed by atoms with Gasteiger partial charge >= 0.3 is 0 Å². The first-order valence-electron chi connectivity index (χ1n) is 17.2. The van der Waals surface area contributed by atoms with Gasteiger partial charge in [-0.3, -0.25) is 19.7 Å². The van der Waals surface area contributed by atoms with Crippen LogP contribution in [0.4, 0.5) is 0 Å². The molecule has 4 fully saturated rings. The maximum absolute atomic E-state index is 14.1. The predicted molar refractivity (Wildman–Crippen MR) is 173 cm³/mol. The number of nitrogens with one attached hydrogen (secondary N) is 2. The van der Waals surface area contributed by atoms with Crippen LogP contribution in [0.2, 0.25) is 0 Å². The number of carbonyl (C=O) groups excluding carboxylic acids is 3. The highest BCUT2D eigenvalue weighted by Gasteiger charge is 2.67. The normalized spacial score (nSPS) is 31.2. The molecule has 4 rings (SSSR count). The molecule has 258 valence electrons. The van der Waals surface area contributed by atoms with Crippen LogP contribution in [0, 0.1) is 23.7 Å². The van der Waals surface area contributed by atoms with Crippen LogP contribution in [-0.2, 0) is 28.6 Å². The lowest BCUT2D eigenvalue weighted by Crippen LogP contribution is -2.60. The lowest BCUT2D eigenvalue weighted by molar-refractivity contribution is -0.147. The number of epoxide rings is 1. The second kappa shape index (κ2) is 13.7. The van der Waals surface area contributed by atoms with Crippen LogP contribution in [0.1, 0.15) is 93.4 Å². The average Bonchev–Trinajstić information content (AvgIpc) is 3.78. The van der Waals surface area contributed by atoms with E-state index in [1.54, 1.807) is 40.0 Å². The van der Waals surface area contributed by atoms with Gasteiger partial charge in [-0.2, -0.15) is 0 Å². The second-order valence-electron chi connectivity index (χ2n) is 15.4. The highest BCUT2D eigenvalue weighted by molar-refractivity contribution is 5.91. The van der Waals surface area contributed by atoms with E-state index in [0.717, 1.165) is 25.2 Å². The smallest absolute Gasteiger partial charge is 0.245 e. The number of ether oxygens (including phenoxy) is 3. The van der Waals surface area contributed by atoms with Gasteiger partial charge in [-0.15, -0.1) is 0 Å². The van der Waals surface area contributed by atoms with Gasteiger partial charge in [-0.25, -0.2) is 0 Å². The van der Waals surface area contributed by atoms with Gasteiger partial charge in [0.1, 0.15) is 11.8 Å². The van der Waals surface area contributed by atoms with Gasteiger partial charge < -0.3 is 35.1 Å². The standard InChI is InChI=1S/C34H61N5O6/c1-11-21(4)28(38(8)30(41)27(20(2)3)36-31(42)32(6,7)35)25(43-9)17-26(40)39-16-12-13-24(39)29(44-10)22(5)34(19-45-34)37-33-15-14-23(33)18-33/h20-25,27-29,37H,11-19,35H2,1-10H3,(H,36,42). The zero-order valence-electron chi connectivity index (χ0n) is 29.5. The maximum atomic E-state index is 14.1. The highest BCUT2D eigenvalue weighted by atomic mass is 16.6. The molecule has 2 aliphatic carbocycles. The van der Waals surface area contributed by atoms with Crippen LogP contribution in [0.25, 0.3) is 0 Å². The molecule has 11 nitrogen and oxygen atoms in total. The Morgan fingerprint density at radius 2 is 1.80 bits per heavy atom. The van der Waals surface area contributed by atoms with Crippen molar-refractivity contribution in [2.24, 2.45) is 29.4 Å². The molecule has 0 spiro atoms. The third-order valence-electron chi connectivity index (χ3n) is 11.5. The molecule has 4 N–H and O–H groups in total. The molecule has 0 aromatic carbocycles. The molecule has 0 bridgehead atoms. The zero-order chi connectivity index (χ0) is 33.5. The van der Waals surface area contributed by atoms with Gasteiger partial charge in [0.2, 0.25) is 17.7 Å². The Labute approximate surface area is 271 Å². The summed E-state index contributed by atoms with van der Waals surface area (Å²) in [6.07, 6.45) is 5.76. The number of hydrogen-bond donors (Lipinski definition) is 3. The molecule has 10 unspecified atom stereocenters. The van der Waals surface area contributed by atoms with Crippen molar-refractivity contribution in [2.45, 2.75) is 141 Å². The summed E-state index contributed by atoms with van der Waals surface area (Å²) in [6, 6.07) is -1.19. The third kappa shape index (κ3) is 7.37. The first kappa shape index (κ1) is 36.1. The van der Waals surface area contributed by atoms with Crippen LogP contribution < -0.4 is 16.4 Å². The minimum atomic E-state index is -1.12. The molecule has 2 saturated heterocycles. The molecule has 10 atom stereocenters. The van der Waals surface area contributed by atoms with Crippen LogP contribution >= 0.6 is 0 Å². The van der Waals surface area contributed by atoms with E-state index in [1.165, 1.54) is 19.3 Å². The van der Waals surface area contributed by atoms with Crippen molar-refractivity contribution in [3.05, 3.63) is 0 Å². The summed E-state index contributed by atoms with van der Waals surface area (Å²) < 4.78 is 18.3. The van der Waals surface area contributed by atoms with Crippen LogP contribution in [0.5, 0.6) is 0 Å². The summed E-state index contributed by atoms with van der Waals surface area (Å²) in [6.45, 7) is 14.7. The van der Waals surface area contributed by atoms with Gasteiger partial charge in [0.05, 0.1) is 42.9 Å². The van der Waals surface area contributed by atoms with Gasteiger partial charge in [0, 0.05) is 39.3 Å². The molecule has 0 aromatic rings. The van der Waals surface area contributed by atoms with E-state index in [9.17, 15) is 14.4 Å². The Morgan fingerprint density at radius 1 is 1.13 bits per heavy atom. The van der Waals surface area contributed by atoms with Crippen molar-refractivity contribution in [1.82, 2.24) is 20.4 Å². The van der Waals surface area contributed by atoms with E-state index in [0.29, 0.717) is 13.2 Å². The van der Waals surface area contributed by atoms with Gasteiger partial charge in [-0.1, -0.05) is 41.0 Å². The maximum Gasteiger partial charge on any atom is 0.245 e.